The molecule has 3 heterocycles. The molecule has 0 saturated heterocycles. The van der Waals surface area contributed by atoms with Crippen LogP contribution in [0.15, 0.2) is 49.2 Å². The molecule has 0 unspecified atom stereocenters. The molecule has 0 spiro atoms. The highest BCUT2D eigenvalue weighted by molar-refractivity contribution is 5.94. The van der Waals surface area contributed by atoms with Crippen LogP contribution >= 0.6 is 0 Å². The number of carbonyl (C=O) groups is 1. The van der Waals surface area contributed by atoms with E-state index >= 15 is 0 Å². The van der Waals surface area contributed by atoms with E-state index in [0.29, 0.717) is 17.9 Å². The maximum atomic E-state index is 12.5. The number of aromatic nitrogens is 6. The summed E-state index contributed by atoms with van der Waals surface area (Å²) in [4.78, 5) is 21.2. The van der Waals surface area contributed by atoms with Crippen LogP contribution in [0.1, 0.15) is 21.7 Å². The second-order valence-electron chi connectivity index (χ2n) is 6.00. The van der Waals surface area contributed by atoms with Gasteiger partial charge < -0.3 is 9.88 Å². The molecule has 8 heteroatoms. The molecule has 1 aromatic carbocycles. The Kier molecular flexibility index (Phi) is 3.92. The molecule has 4 rings (SSSR count). The summed E-state index contributed by atoms with van der Waals surface area (Å²) >= 11 is 0. The summed E-state index contributed by atoms with van der Waals surface area (Å²) in [6, 6.07) is 9.39. The third kappa shape index (κ3) is 2.92. The lowest BCUT2D eigenvalue weighted by Gasteiger charge is -2.07. The van der Waals surface area contributed by atoms with Crippen molar-refractivity contribution in [3.63, 3.8) is 0 Å². The van der Waals surface area contributed by atoms with Crippen LogP contribution in [0.3, 0.4) is 0 Å². The van der Waals surface area contributed by atoms with Gasteiger partial charge in [0, 0.05) is 25.4 Å². The van der Waals surface area contributed by atoms with E-state index in [1.807, 2.05) is 36.7 Å². The van der Waals surface area contributed by atoms with Gasteiger partial charge >= 0.3 is 0 Å². The average Bonchev–Trinajstić information content (AvgIpc) is 3.29. The molecule has 0 aliphatic rings. The number of amides is 1. The summed E-state index contributed by atoms with van der Waals surface area (Å²) in [5.74, 6) is 1.38. The van der Waals surface area contributed by atoms with Crippen LogP contribution in [0.5, 0.6) is 0 Å². The van der Waals surface area contributed by atoms with E-state index in [9.17, 15) is 4.79 Å². The maximum absolute atomic E-state index is 12.5. The lowest BCUT2D eigenvalue weighted by atomic mass is 10.2. The third-order valence-electron chi connectivity index (χ3n) is 4.31. The second kappa shape index (κ2) is 6.40. The van der Waals surface area contributed by atoms with Crippen LogP contribution in [0.4, 0.5) is 0 Å². The van der Waals surface area contributed by atoms with Crippen molar-refractivity contribution in [2.45, 2.75) is 13.5 Å². The van der Waals surface area contributed by atoms with Crippen LogP contribution in [-0.4, -0.2) is 35.2 Å². The molecular formula is C18H17N7O. The summed E-state index contributed by atoms with van der Waals surface area (Å²) < 4.78 is 3.69. The van der Waals surface area contributed by atoms with Gasteiger partial charge in [-0.2, -0.15) is 0 Å². The lowest BCUT2D eigenvalue weighted by molar-refractivity contribution is 0.0950. The number of benzene rings is 1. The van der Waals surface area contributed by atoms with Gasteiger partial charge in [0.05, 0.1) is 11.0 Å². The molecule has 8 nitrogen and oxygen atoms in total. The van der Waals surface area contributed by atoms with Crippen LogP contribution in [-0.2, 0) is 13.6 Å². The van der Waals surface area contributed by atoms with Crippen molar-refractivity contribution in [1.29, 1.82) is 0 Å². The predicted molar refractivity (Wildman–Crippen MR) is 95.8 cm³/mol. The Morgan fingerprint density at radius 3 is 2.77 bits per heavy atom. The Balaban J connectivity index is 1.49. The predicted octanol–water partition coefficient (Wildman–Crippen LogP) is 1.79. The fourth-order valence-electron chi connectivity index (χ4n) is 2.78. The molecule has 0 fully saturated rings. The summed E-state index contributed by atoms with van der Waals surface area (Å²) in [6.45, 7) is 2.40. The first kappa shape index (κ1) is 15.9. The molecule has 0 aliphatic heterocycles. The number of fused-ring (bicyclic) bond motifs is 1. The molecular weight excluding hydrogens is 330 g/mol. The van der Waals surface area contributed by atoms with E-state index in [1.54, 1.807) is 22.9 Å². The first-order valence-electron chi connectivity index (χ1n) is 8.13. The molecule has 1 N–H and O–H groups in total. The molecule has 26 heavy (non-hydrogen) atoms. The van der Waals surface area contributed by atoms with E-state index in [2.05, 4.69) is 25.5 Å². The van der Waals surface area contributed by atoms with E-state index in [0.717, 1.165) is 22.4 Å². The molecule has 3 aromatic heterocycles. The number of nitrogens with zero attached hydrogens (tertiary/aromatic N) is 6. The molecule has 130 valence electrons. The molecule has 0 aliphatic carbocycles. The van der Waals surface area contributed by atoms with Crippen molar-refractivity contribution in [2.75, 3.05) is 0 Å². The Bertz CT molecular complexity index is 1080. The SMILES string of the molecule is Cc1nc2cc(CNC(=O)c3ccnc(-n4cnnc4)c3)ccc2n1C. The van der Waals surface area contributed by atoms with Crippen LogP contribution in [0.2, 0.25) is 0 Å². The second-order valence-corrected chi connectivity index (χ2v) is 6.00. The van der Waals surface area contributed by atoms with Crippen molar-refractivity contribution < 1.29 is 4.79 Å². The van der Waals surface area contributed by atoms with Gasteiger partial charge in [-0.25, -0.2) is 9.97 Å². The van der Waals surface area contributed by atoms with E-state index < -0.39 is 0 Å². The van der Waals surface area contributed by atoms with Gasteiger partial charge in [0.2, 0.25) is 0 Å². The number of nitrogens with one attached hydrogen (secondary N) is 1. The topological polar surface area (TPSA) is 90.5 Å². The van der Waals surface area contributed by atoms with E-state index in [-0.39, 0.29) is 5.91 Å². The number of pyridine rings is 1. The highest BCUT2D eigenvalue weighted by Crippen LogP contribution is 2.16. The number of hydrogen-bond acceptors (Lipinski definition) is 5. The maximum Gasteiger partial charge on any atom is 0.251 e. The number of carbonyl (C=O) groups excluding carboxylic acids is 1. The van der Waals surface area contributed by atoms with Crippen LogP contribution in [0.25, 0.3) is 16.9 Å². The molecule has 0 saturated carbocycles. The molecule has 0 radical (unpaired) electrons. The van der Waals surface area contributed by atoms with Gasteiger partial charge in [0.15, 0.2) is 0 Å². The van der Waals surface area contributed by atoms with Crippen molar-refractivity contribution >= 4 is 16.9 Å². The summed E-state index contributed by atoms with van der Waals surface area (Å²) in [5.41, 5.74) is 3.52. The van der Waals surface area contributed by atoms with Crippen molar-refractivity contribution in [1.82, 2.24) is 34.6 Å². The highest BCUT2D eigenvalue weighted by Gasteiger charge is 2.09. The standard InChI is InChI=1S/C18H17N7O/c1-12-23-15-7-13(3-4-16(15)24(12)2)9-20-18(26)14-5-6-19-17(8-14)25-10-21-22-11-25/h3-8,10-11H,9H2,1-2H3,(H,20,26). The normalized spacial score (nSPS) is 11.0. The molecule has 0 bridgehead atoms. The van der Waals surface area contributed by atoms with Crippen molar-refractivity contribution in [2.24, 2.45) is 7.05 Å². The zero-order valence-corrected chi connectivity index (χ0v) is 14.4. The number of imidazole rings is 1. The van der Waals surface area contributed by atoms with Crippen molar-refractivity contribution in [3.05, 3.63) is 66.1 Å². The first-order chi connectivity index (χ1) is 12.6. The highest BCUT2D eigenvalue weighted by atomic mass is 16.1. The van der Waals surface area contributed by atoms with E-state index in [1.165, 1.54) is 12.7 Å². The number of aryl methyl sites for hydroxylation is 2. The minimum atomic E-state index is -0.168. The lowest BCUT2D eigenvalue weighted by Crippen LogP contribution is -2.23. The Morgan fingerprint density at radius 2 is 1.96 bits per heavy atom. The van der Waals surface area contributed by atoms with Gasteiger partial charge in [-0.3, -0.25) is 9.36 Å². The Morgan fingerprint density at radius 1 is 1.15 bits per heavy atom. The smallest absolute Gasteiger partial charge is 0.251 e. The number of rotatable bonds is 4. The summed E-state index contributed by atoms with van der Waals surface area (Å²) in [7, 11) is 1.99. The fraction of sp³-hybridized carbons (Fsp3) is 0.167. The first-order valence-corrected chi connectivity index (χ1v) is 8.13. The van der Waals surface area contributed by atoms with Crippen molar-refractivity contribution in [3.8, 4) is 5.82 Å². The van der Waals surface area contributed by atoms with E-state index in [4.69, 9.17) is 0 Å². The summed E-state index contributed by atoms with van der Waals surface area (Å²) in [5, 5.41) is 10.4. The fourth-order valence-corrected chi connectivity index (χ4v) is 2.78. The average molecular weight is 347 g/mol. The van der Waals surface area contributed by atoms with Gasteiger partial charge in [-0.1, -0.05) is 6.07 Å². The molecule has 4 aromatic rings. The van der Waals surface area contributed by atoms with Gasteiger partial charge in [-0.15, -0.1) is 10.2 Å². The zero-order valence-electron chi connectivity index (χ0n) is 14.4. The number of hydrogen-bond donors (Lipinski definition) is 1. The van der Waals surface area contributed by atoms with Gasteiger partial charge in [-0.05, 0) is 36.8 Å². The van der Waals surface area contributed by atoms with Gasteiger partial charge in [0.25, 0.3) is 5.91 Å². The Hall–Kier alpha value is -3.55. The quantitative estimate of drug-likeness (QED) is 0.608. The van der Waals surface area contributed by atoms with Gasteiger partial charge in [0.1, 0.15) is 24.3 Å². The minimum absolute atomic E-state index is 0.168. The van der Waals surface area contributed by atoms with Crippen LogP contribution in [0, 0.1) is 6.92 Å². The monoisotopic (exact) mass is 347 g/mol. The Labute approximate surface area is 149 Å². The molecule has 0 atom stereocenters. The zero-order chi connectivity index (χ0) is 18.1. The largest absolute Gasteiger partial charge is 0.348 e. The third-order valence-corrected chi connectivity index (χ3v) is 4.31. The minimum Gasteiger partial charge on any atom is -0.348 e. The molecule has 1 amide bonds. The van der Waals surface area contributed by atoms with Crippen LogP contribution < -0.4 is 5.32 Å². The summed E-state index contributed by atoms with van der Waals surface area (Å²) in [6.07, 6.45) is 4.66.